The highest BCUT2D eigenvalue weighted by atomic mass is 16.5. The minimum absolute atomic E-state index is 0.0650. The summed E-state index contributed by atoms with van der Waals surface area (Å²) in [7, 11) is 1.91. The van der Waals surface area contributed by atoms with Crippen molar-refractivity contribution in [2.45, 2.75) is 58.9 Å². The topological polar surface area (TPSA) is 46.3 Å². The molecule has 19 heavy (non-hydrogen) atoms. The van der Waals surface area contributed by atoms with Crippen LogP contribution in [0.15, 0.2) is 4.52 Å². The van der Waals surface area contributed by atoms with Crippen LogP contribution in [-0.4, -0.2) is 29.1 Å². The van der Waals surface area contributed by atoms with Gasteiger partial charge in [-0.15, -0.1) is 0 Å². The molecule has 106 valence electrons. The SMILES string of the molecule is CCc1noc(C)c1C(=O)N(C)C1CCC(C)CC1. The fourth-order valence-electron chi connectivity index (χ4n) is 2.91. The minimum atomic E-state index is 0.0650. The van der Waals surface area contributed by atoms with Gasteiger partial charge >= 0.3 is 0 Å². The zero-order valence-corrected chi connectivity index (χ0v) is 12.4. The normalized spacial score (nSPS) is 23.4. The van der Waals surface area contributed by atoms with E-state index in [0.717, 1.165) is 30.9 Å². The van der Waals surface area contributed by atoms with Gasteiger partial charge in [-0.2, -0.15) is 0 Å². The van der Waals surface area contributed by atoms with E-state index in [1.807, 2.05) is 25.8 Å². The standard InChI is InChI=1S/C15H24N2O2/c1-5-13-14(11(3)19-16-13)15(18)17(4)12-8-6-10(2)7-9-12/h10,12H,5-9H2,1-4H3. The van der Waals surface area contributed by atoms with E-state index in [0.29, 0.717) is 17.4 Å². The van der Waals surface area contributed by atoms with Gasteiger partial charge in [0.2, 0.25) is 0 Å². The van der Waals surface area contributed by atoms with E-state index >= 15 is 0 Å². The van der Waals surface area contributed by atoms with Gasteiger partial charge in [0.25, 0.3) is 5.91 Å². The lowest BCUT2D eigenvalue weighted by molar-refractivity contribution is 0.0677. The van der Waals surface area contributed by atoms with E-state index in [2.05, 4.69) is 12.1 Å². The maximum atomic E-state index is 12.6. The van der Waals surface area contributed by atoms with Crippen LogP contribution >= 0.6 is 0 Å². The molecule has 1 saturated carbocycles. The molecule has 4 heteroatoms. The molecule has 1 aromatic heterocycles. The minimum Gasteiger partial charge on any atom is -0.361 e. The molecule has 0 N–H and O–H groups in total. The number of amides is 1. The molecule has 0 bridgehead atoms. The molecule has 0 unspecified atom stereocenters. The Morgan fingerprint density at radius 1 is 1.37 bits per heavy atom. The molecular formula is C15H24N2O2. The van der Waals surface area contributed by atoms with Gasteiger partial charge in [0.1, 0.15) is 11.3 Å². The molecule has 0 saturated heterocycles. The molecule has 1 aliphatic carbocycles. The maximum Gasteiger partial charge on any atom is 0.259 e. The second kappa shape index (κ2) is 5.76. The van der Waals surface area contributed by atoms with Crippen LogP contribution < -0.4 is 0 Å². The Morgan fingerprint density at radius 2 is 2.00 bits per heavy atom. The van der Waals surface area contributed by atoms with E-state index in [4.69, 9.17) is 4.52 Å². The maximum absolute atomic E-state index is 12.6. The van der Waals surface area contributed by atoms with Crippen molar-refractivity contribution >= 4 is 5.91 Å². The molecular weight excluding hydrogens is 240 g/mol. The quantitative estimate of drug-likeness (QED) is 0.842. The molecule has 0 aromatic carbocycles. The van der Waals surface area contributed by atoms with Gasteiger partial charge in [-0.05, 0) is 44.9 Å². The van der Waals surface area contributed by atoms with Crippen LogP contribution in [0, 0.1) is 12.8 Å². The smallest absolute Gasteiger partial charge is 0.259 e. The van der Waals surface area contributed by atoms with Crippen molar-refractivity contribution in [3.63, 3.8) is 0 Å². The van der Waals surface area contributed by atoms with Crippen LogP contribution in [0.2, 0.25) is 0 Å². The van der Waals surface area contributed by atoms with Crippen LogP contribution in [0.5, 0.6) is 0 Å². The first-order valence-corrected chi connectivity index (χ1v) is 7.26. The molecule has 1 amide bonds. The number of aromatic nitrogens is 1. The lowest BCUT2D eigenvalue weighted by atomic mass is 9.86. The number of carbonyl (C=O) groups excluding carboxylic acids is 1. The Kier molecular flexibility index (Phi) is 4.27. The molecule has 1 aliphatic rings. The average molecular weight is 264 g/mol. The first-order chi connectivity index (χ1) is 9.04. The Hall–Kier alpha value is -1.32. The van der Waals surface area contributed by atoms with Gasteiger partial charge < -0.3 is 9.42 Å². The number of rotatable bonds is 3. The molecule has 0 spiro atoms. The Labute approximate surface area is 115 Å². The van der Waals surface area contributed by atoms with Crippen molar-refractivity contribution in [2.75, 3.05) is 7.05 Å². The van der Waals surface area contributed by atoms with Crippen molar-refractivity contribution in [3.8, 4) is 0 Å². The molecule has 0 atom stereocenters. The number of aryl methyl sites for hydroxylation is 2. The van der Waals surface area contributed by atoms with E-state index in [-0.39, 0.29) is 5.91 Å². The summed E-state index contributed by atoms with van der Waals surface area (Å²) < 4.78 is 5.16. The third-order valence-corrected chi connectivity index (χ3v) is 4.34. The first kappa shape index (κ1) is 14.1. The summed E-state index contributed by atoms with van der Waals surface area (Å²) in [6.07, 6.45) is 5.37. The third kappa shape index (κ3) is 2.82. The predicted octanol–water partition coefficient (Wildman–Crippen LogP) is 3.20. The zero-order valence-electron chi connectivity index (χ0n) is 12.4. The molecule has 4 nitrogen and oxygen atoms in total. The molecule has 1 heterocycles. The number of nitrogens with zero attached hydrogens (tertiary/aromatic N) is 2. The molecule has 1 aromatic rings. The number of carbonyl (C=O) groups is 1. The van der Waals surface area contributed by atoms with Gasteiger partial charge in [0.05, 0.1) is 5.69 Å². The summed E-state index contributed by atoms with van der Waals surface area (Å²) in [5, 5.41) is 3.97. The van der Waals surface area contributed by atoms with Gasteiger partial charge in [-0.25, -0.2) is 0 Å². The van der Waals surface area contributed by atoms with E-state index in [1.165, 1.54) is 12.8 Å². The van der Waals surface area contributed by atoms with E-state index < -0.39 is 0 Å². The fourth-order valence-corrected chi connectivity index (χ4v) is 2.91. The largest absolute Gasteiger partial charge is 0.361 e. The third-order valence-electron chi connectivity index (χ3n) is 4.34. The van der Waals surface area contributed by atoms with Crippen LogP contribution in [0.1, 0.15) is 61.3 Å². The Bertz CT molecular complexity index is 445. The zero-order chi connectivity index (χ0) is 14.0. The van der Waals surface area contributed by atoms with Crippen LogP contribution in [0.4, 0.5) is 0 Å². The van der Waals surface area contributed by atoms with Gasteiger partial charge in [0.15, 0.2) is 0 Å². The summed E-state index contributed by atoms with van der Waals surface area (Å²) in [5.41, 5.74) is 1.45. The molecule has 2 rings (SSSR count). The van der Waals surface area contributed by atoms with Crippen molar-refractivity contribution < 1.29 is 9.32 Å². The predicted molar refractivity (Wildman–Crippen MR) is 74.1 cm³/mol. The molecule has 0 aliphatic heterocycles. The Morgan fingerprint density at radius 3 is 2.58 bits per heavy atom. The van der Waals surface area contributed by atoms with Gasteiger partial charge in [0, 0.05) is 13.1 Å². The van der Waals surface area contributed by atoms with Gasteiger partial charge in [-0.3, -0.25) is 4.79 Å². The van der Waals surface area contributed by atoms with E-state index in [9.17, 15) is 4.79 Å². The van der Waals surface area contributed by atoms with Crippen molar-refractivity contribution in [2.24, 2.45) is 5.92 Å². The lowest BCUT2D eigenvalue weighted by Crippen LogP contribution is -2.39. The van der Waals surface area contributed by atoms with Crippen LogP contribution in [0.3, 0.4) is 0 Å². The number of hydrogen-bond donors (Lipinski definition) is 0. The summed E-state index contributed by atoms with van der Waals surface area (Å²) in [4.78, 5) is 14.5. The van der Waals surface area contributed by atoms with Crippen LogP contribution in [0.25, 0.3) is 0 Å². The fraction of sp³-hybridized carbons (Fsp3) is 0.733. The first-order valence-electron chi connectivity index (χ1n) is 7.26. The van der Waals surface area contributed by atoms with E-state index in [1.54, 1.807) is 0 Å². The highest BCUT2D eigenvalue weighted by Crippen LogP contribution is 2.28. The highest BCUT2D eigenvalue weighted by molar-refractivity contribution is 5.96. The summed E-state index contributed by atoms with van der Waals surface area (Å²) in [6.45, 7) is 6.10. The highest BCUT2D eigenvalue weighted by Gasteiger charge is 2.29. The average Bonchev–Trinajstić information content (AvgIpc) is 2.79. The number of hydrogen-bond acceptors (Lipinski definition) is 3. The summed E-state index contributed by atoms with van der Waals surface area (Å²) >= 11 is 0. The summed E-state index contributed by atoms with van der Waals surface area (Å²) in [6, 6.07) is 0.364. The Balaban J connectivity index is 2.12. The monoisotopic (exact) mass is 264 g/mol. The molecule has 1 fully saturated rings. The van der Waals surface area contributed by atoms with Crippen LogP contribution in [-0.2, 0) is 6.42 Å². The molecule has 0 radical (unpaired) electrons. The van der Waals surface area contributed by atoms with Gasteiger partial charge in [-0.1, -0.05) is 19.0 Å². The second-order valence-corrected chi connectivity index (χ2v) is 5.74. The van der Waals surface area contributed by atoms with Crippen molar-refractivity contribution in [1.82, 2.24) is 10.1 Å². The lowest BCUT2D eigenvalue weighted by Gasteiger charge is -2.33. The second-order valence-electron chi connectivity index (χ2n) is 5.74. The van der Waals surface area contributed by atoms with Crippen molar-refractivity contribution in [3.05, 3.63) is 17.0 Å². The van der Waals surface area contributed by atoms with Crippen molar-refractivity contribution in [1.29, 1.82) is 0 Å². The summed E-state index contributed by atoms with van der Waals surface area (Å²) in [5.74, 6) is 1.50.